The first-order chi connectivity index (χ1) is 10.7. The molecule has 0 radical (unpaired) electrons. The van der Waals surface area contributed by atoms with E-state index in [1.54, 1.807) is 6.08 Å². The van der Waals surface area contributed by atoms with Crippen molar-refractivity contribution in [2.75, 3.05) is 0 Å². The van der Waals surface area contributed by atoms with Gasteiger partial charge >= 0.3 is 0 Å². The van der Waals surface area contributed by atoms with E-state index in [1.807, 2.05) is 18.2 Å². The number of benzene rings is 1. The fourth-order valence-corrected chi connectivity index (χ4v) is 2.79. The molecule has 1 heterocycles. The molecule has 1 aromatic carbocycles. The van der Waals surface area contributed by atoms with Gasteiger partial charge in [-0.2, -0.15) is 0 Å². The van der Waals surface area contributed by atoms with Crippen molar-refractivity contribution < 1.29 is 0 Å². The second-order valence-corrected chi connectivity index (χ2v) is 5.44. The Morgan fingerprint density at radius 1 is 1.23 bits per heavy atom. The van der Waals surface area contributed by atoms with Crippen LogP contribution in [0.15, 0.2) is 72.5 Å². The van der Waals surface area contributed by atoms with Crippen LogP contribution in [0.5, 0.6) is 0 Å². The van der Waals surface area contributed by atoms with E-state index in [2.05, 4.69) is 60.7 Å². The molecule has 0 fully saturated rings. The van der Waals surface area contributed by atoms with Crippen LogP contribution in [0.3, 0.4) is 0 Å². The first kappa shape index (κ1) is 14.2. The summed E-state index contributed by atoms with van der Waals surface area (Å²) in [5.74, 6) is 0. The molecule has 1 aromatic heterocycles. The zero-order chi connectivity index (χ0) is 15.5. The highest BCUT2D eigenvalue weighted by molar-refractivity contribution is 5.90. The summed E-state index contributed by atoms with van der Waals surface area (Å²) in [5, 5.41) is 1.28. The number of rotatable bonds is 3. The molecule has 2 aromatic rings. The van der Waals surface area contributed by atoms with Crippen LogP contribution in [-0.4, -0.2) is 4.57 Å². The monoisotopic (exact) mass is 288 g/mol. The van der Waals surface area contributed by atoms with Crippen LogP contribution in [0.2, 0.25) is 0 Å². The number of para-hydroxylation sites is 1. The van der Waals surface area contributed by atoms with Crippen LogP contribution in [-0.2, 0) is 0 Å². The largest absolute Gasteiger partial charge is 0.399 e. The third-order valence-electron chi connectivity index (χ3n) is 3.96. The summed E-state index contributed by atoms with van der Waals surface area (Å²) in [7, 11) is 0. The van der Waals surface area contributed by atoms with E-state index < -0.39 is 0 Å². The minimum absolute atomic E-state index is 0.831. The molecular weight excluding hydrogens is 268 g/mol. The number of aromatic nitrogens is 1. The van der Waals surface area contributed by atoms with Crippen LogP contribution in [0.25, 0.3) is 23.2 Å². The van der Waals surface area contributed by atoms with Crippen molar-refractivity contribution in [2.24, 2.45) is 5.73 Å². The van der Waals surface area contributed by atoms with Gasteiger partial charge in [-0.15, -0.1) is 0 Å². The molecule has 1 aliphatic carbocycles. The summed E-state index contributed by atoms with van der Waals surface area (Å²) in [6, 6.07) is 8.48. The number of fused-ring (bicyclic) bond motifs is 1. The molecule has 2 nitrogen and oxygen atoms in total. The highest BCUT2D eigenvalue weighted by atomic mass is 15.0. The molecule has 0 atom stereocenters. The topological polar surface area (TPSA) is 30.9 Å². The van der Waals surface area contributed by atoms with Crippen LogP contribution in [0.1, 0.15) is 17.7 Å². The molecule has 1 aliphatic rings. The zero-order valence-corrected chi connectivity index (χ0v) is 12.8. The van der Waals surface area contributed by atoms with Crippen molar-refractivity contribution in [1.82, 2.24) is 4.57 Å². The van der Waals surface area contributed by atoms with Crippen LogP contribution in [0.4, 0.5) is 0 Å². The molecule has 3 rings (SSSR count). The van der Waals surface area contributed by atoms with Gasteiger partial charge in [0.1, 0.15) is 0 Å². The molecule has 0 amide bonds. The van der Waals surface area contributed by atoms with Crippen molar-refractivity contribution in [2.45, 2.75) is 13.3 Å². The van der Waals surface area contributed by atoms with Crippen molar-refractivity contribution in [3.8, 4) is 0 Å². The summed E-state index contributed by atoms with van der Waals surface area (Å²) in [5.41, 5.74) is 11.5. The van der Waals surface area contributed by atoms with E-state index in [-0.39, 0.29) is 0 Å². The average molecular weight is 288 g/mol. The lowest BCUT2D eigenvalue weighted by Gasteiger charge is -2.09. The molecule has 0 bridgehead atoms. The highest BCUT2D eigenvalue weighted by Gasteiger charge is 2.11. The molecule has 0 unspecified atom stereocenters. The smallest absolute Gasteiger partial charge is 0.0531 e. The second kappa shape index (κ2) is 5.94. The molecule has 22 heavy (non-hydrogen) atoms. The maximum Gasteiger partial charge on any atom is 0.0531 e. The van der Waals surface area contributed by atoms with Gasteiger partial charge in [-0.3, -0.25) is 0 Å². The lowest BCUT2D eigenvalue weighted by molar-refractivity contribution is 1.13. The summed E-state index contributed by atoms with van der Waals surface area (Å²) < 4.78 is 2.25. The van der Waals surface area contributed by atoms with Gasteiger partial charge in [0.25, 0.3) is 0 Å². The van der Waals surface area contributed by atoms with E-state index in [4.69, 9.17) is 5.73 Å². The lowest BCUT2D eigenvalue weighted by atomic mass is 10.1. The molecular formula is C20H20N2. The fourth-order valence-electron chi connectivity index (χ4n) is 2.79. The van der Waals surface area contributed by atoms with E-state index >= 15 is 0 Å². The van der Waals surface area contributed by atoms with E-state index in [9.17, 15) is 0 Å². The molecule has 0 spiro atoms. The SMILES string of the molecule is C=C/C=C\c1c(C)c2ccccc2n1/C=C1/C=CC(N)=CC1. The van der Waals surface area contributed by atoms with Gasteiger partial charge in [0.2, 0.25) is 0 Å². The Balaban J connectivity index is 2.19. The number of hydrogen-bond acceptors (Lipinski definition) is 1. The third-order valence-corrected chi connectivity index (χ3v) is 3.96. The van der Waals surface area contributed by atoms with E-state index in [1.165, 1.54) is 27.7 Å². The number of nitrogens with zero attached hydrogens (tertiary/aromatic N) is 1. The van der Waals surface area contributed by atoms with Crippen molar-refractivity contribution >= 4 is 23.2 Å². The lowest BCUT2D eigenvalue weighted by Crippen LogP contribution is -1.99. The Kier molecular flexibility index (Phi) is 3.84. The Bertz CT molecular complexity index is 842. The molecule has 2 heteroatoms. The summed E-state index contributed by atoms with van der Waals surface area (Å²) >= 11 is 0. The highest BCUT2D eigenvalue weighted by Crippen LogP contribution is 2.28. The predicted molar refractivity (Wildman–Crippen MR) is 96.2 cm³/mol. The quantitative estimate of drug-likeness (QED) is 0.809. The first-order valence-corrected chi connectivity index (χ1v) is 7.43. The van der Waals surface area contributed by atoms with Gasteiger partial charge in [0, 0.05) is 23.0 Å². The Hall–Kier alpha value is -2.74. The van der Waals surface area contributed by atoms with E-state index in [0.717, 1.165) is 12.1 Å². The summed E-state index contributed by atoms with van der Waals surface area (Å²) in [4.78, 5) is 0. The number of hydrogen-bond donors (Lipinski definition) is 1. The van der Waals surface area contributed by atoms with Crippen LogP contribution < -0.4 is 5.73 Å². The van der Waals surface area contributed by atoms with Gasteiger partial charge in [-0.1, -0.05) is 49.1 Å². The summed E-state index contributed by atoms with van der Waals surface area (Å²) in [6.07, 6.45) is 15.0. The number of aryl methyl sites for hydroxylation is 1. The normalized spacial score (nSPS) is 16.6. The van der Waals surface area contributed by atoms with Gasteiger partial charge in [-0.05, 0) is 42.7 Å². The fraction of sp³-hybridized carbons (Fsp3) is 0.100. The number of allylic oxidation sites excluding steroid dienone is 6. The second-order valence-electron chi connectivity index (χ2n) is 5.44. The maximum absolute atomic E-state index is 5.80. The van der Waals surface area contributed by atoms with Gasteiger partial charge in [0.15, 0.2) is 0 Å². The first-order valence-electron chi connectivity index (χ1n) is 7.43. The minimum atomic E-state index is 0.831. The van der Waals surface area contributed by atoms with Gasteiger partial charge in [-0.25, -0.2) is 0 Å². The zero-order valence-electron chi connectivity index (χ0n) is 12.8. The number of nitrogens with two attached hydrogens (primary N) is 1. The summed E-state index contributed by atoms with van der Waals surface area (Å²) in [6.45, 7) is 5.93. The average Bonchev–Trinajstić information content (AvgIpc) is 2.80. The van der Waals surface area contributed by atoms with Crippen molar-refractivity contribution in [1.29, 1.82) is 0 Å². The molecule has 0 saturated heterocycles. The third kappa shape index (κ3) is 2.56. The standard InChI is InChI=1S/C20H20N2/c1-3-4-8-19-15(2)18-7-5-6-9-20(18)22(19)14-16-10-12-17(21)13-11-16/h3-10,12-14H,1,11,21H2,2H3/b8-4-,16-14-. The predicted octanol–water partition coefficient (Wildman–Crippen LogP) is 4.79. The molecule has 0 saturated carbocycles. The van der Waals surface area contributed by atoms with Crippen LogP contribution >= 0.6 is 0 Å². The maximum atomic E-state index is 5.80. The molecule has 2 N–H and O–H groups in total. The van der Waals surface area contributed by atoms with E-state index in [0.29, 0.717) is 0 Å². The van der Waals surface area contributed by atoms with Crippen molar-refractivity contribution in [3.63, 3.8) is 0 Å². The Labute approximate surface area is 131 Å². The minimum Gasteiger partial charge on any atom is -0.399 e. The molecule has 110 valence electrons. The van der Waals surface area contributed by atoms with Crippen LogP contribution in [0, 0.1) is 6.92 Å². The Morgan fingerprint density at radius 2 is 2.05 bits per heavy atom. The van der Waals surface area contributed by atoms with Gasteiger partial charge < -0.3 is 10.3 Å². The molecule has 0 aliphatic heterocycles. The Morgan fingerprint density at radius 3 is 2.77 bits per heavy atom. The van der Waals surface area contributed by atoms with Gasteiger partial charge in [0.05, 0.1) is 5.52 Å². The van der Waals surface area contributed by atoms with Crippen molar-refractivity contribution in [3.05, 3.63) is 83.8 Å².